The average Bonchev–Trinajstić information content (AvgIpc) is 3.31. The summed E-state index contributed by atoms with van der Waals surface area (Å²) in [5.74, 6) is -0.116. The summed E-state index contributed by atoms with van der Waals surface area (Å²) in [5.41, 5.74) is 1.34. The lowest BCUT2D eigenvalue weighted by Crippen LogP contribution is -2.39. The highest BCUT2D eigenvalue weighted by Gasteiger charge is 2.23. The first-order valence-corrected chi connectivity index (χ1v) is 11.5. The van der Waals surface area contributed by atoms with Gasteiger partial charge < -0.3 is 14.5 Å². The Kier molecular flexibility index (Phi) is 6.37. The maximum Gasteiger partial charge on any atom is 0.316 e. The third-order valence-electron chi connectivity index (χ3n) is 5.60. The van der Waals surface area contributed by atoms with Gasteiger partial charge in [0.2, 0.25) is 0 Å². The Morgan fingerprint density at radius 2 is 1.88 bits per heavy atom. The second kappa shape index (κ2) is 9.36. The molecule has 0 unspecified atom stereocenters. The van der Waals surface area contributed by atoms with Crippen LogP contribution in [0.3, 0.4) is 0 Å². The molecule has 2 heterocycles. The zero-order valence-corrected chi connectivity index (χ0v) is 18.9. The van der Waals surface area contributed by atoms with Crippen molar-refractivity contribution < 1.29 is 4.79 Å². The van der Waals surface area contributed by atoms with Gasteiger partial charge in [-0.05, 0) is 49.1 Å². The van der Waals surface area contributed by atoms with E-state index in [-0.39, 0.29) is 11.9 Å². The summed E-state index contributed by atoms with van der Waals surface area (Å²) >= 11 is 1.68. The van der Waals surface area contributed by atoms with Crippen molar-refractivity contribution in [1.82, 2.24) is 14.5 Å². The van der Waals surface area contributed by atoms with E-state index in [0.29, 0.717) is 29.7 Å². The Morgan fingerprint density at radius 1 is 1.09 bits per heavy atom. The number of hydrogen-bond acceptors (Lipinski definition) is 4. The lowest BCUT2D eigenvalue weighted by atomic mass is 10.1. The molecular formula is C25H25N3O3S. The van der Waals surface area contributed by atoms with Crippen LogP contribution in [0.25, 0.3) is 11.0 Å². The van der Waals surface area contributed by atoms with Gasteiger partial charge in [0.1, 0.15) is 0 Å². The van der Waals surface area contributed by atoms with Crippen LogP contribution in [0.4, 0.5) is 0 Å². The van der Waals surface area contributed by atoms with E-state index in [9.17, 15) is 14.4 Å². The van der Waals surface area contributed by atoms with Gasteiger partial charge in [0.25, 0.3) is 5.91 Å². The molecule has 4 aromatic rings. The summed E-state index contributed by atoms with van der Waals surface area (Å²) in [6.45, 7) is 4.73. The molecule has 1 N–H and O–H groups in total. The second-order valence-corrected chi connectivity index (χ2v) is 8.82. The van der Waals surface area contributed by atoms with Crippen molar-refractivity contribution in [1.29, 1.82) is 0 Å². The van der Waals surface area contributed by atoms with Crippen LogP contribution in [-0.2, 0) is 19.5 Å². The number of benzene rings is 2. The summed E-state index contributed by atoms with van der Waals surface area (Å²) in [6, 6.07) is 19.1. The number of carbonyl (C=O) groups is 1. The average molecular weight is 448 g/mol. The summed E-state index contributed by atoms with van der Waals surface area (Å²) in [7, 11) is 0. The van der Waals surface area contributed by atoms with E-state index in [0.717, 1.165) is 12.0 Å². The van der Waals surface area contributed by atoms with Crippen LogP contribution >= 0.6 is 11.3 Å². The molecule has 0 aliphatic carbocycles. The molecule has 0 spiro atoms. The van der Waals surface area contributed by atoms with Gasteiger partial charge >= 0.3 is 11.1 Å². The van der Waals surface area contributed by atoms with Crippen molar-refractivity contribution in [3.8, 4) is 0 Å². The van der Waals surface area contributed by atoms with Gasteiger partial charge in [0.15, 0.2) is 0 Å². The van der Waals surface area contributed by atoms with E-state index in [1.54, 1.807) is 29.5 Å². The molecule has 0 saturated carbocycles. The van der Waals surface area contributed by atoms with Crippen LogP contribution in [0.15, 0.2) is 75.6 Å². The van der Waals surface area contributed by atoms with Gasteiger partial charge in [0.05, 0.1) is 11.0 Å². The third-order valence-corrected chi connectivity index (χ3v) is 6.50. The highest BCUT2D eigenvalue weighted by Crippen LogP contribution is 2.20. The molecule has 2 aromatic carbocycles. The number of nitrogens with zero attached hydrogens (tertiary/aromatic N) is 2. The SMILES string of the molecule is CCn1c(=O)c(=O)[nH]c2cc(C(=O)N(Cc3ccccc3)[C@@H](C)Cc3cccs3)ccc21. The van der Waals surface area contributed by atoms with Crippen molar-refractivity contribution in [3.05, 3.63) is 103 Å². The minimum absolute atomic E-state index is 0.0271. The first-order valence-electron chi connectivity index (χ1n) is 10.6. The molecule has 1 amide bonds. The van der Waals surface area contributed by atoms with Gasteiger partial charge in [-0.1, -0.05) is 36.4 Å². The quantitative estimate of drug-likeness (QED) is 0.435. The molecule has 1 atom stereocenters. The summed E-state index contributed by atoms with van der Waals surface area (Å²) in [4.78, 5) is 43.5. The second-order valence-electron chi connectivity index (χ2n) is 7.79. The molecule has 0 aliphatic rings. The van der Waals surface area contributed by atoms with Gasteiger partial charge in [-0.15, -0.1) is 11.3 Å². The maximum atomic E-state index is 13.6. The van der Waals surface area contributed by atoms with Crippen LogP contribution in [-0.4, -0.2) is 26.4 Å². The van der Waals surface area contributed by atoms with Gasteiger partial charge in [-0.25, -0.2) is 0 Å². The number of carbonyl (C=O) groups excluding carboxylic acids is 1. The molecule has 2 aromatic heterocycles. The van der Waals surface area contributed by atoms with E-state index in [4.69, 9.17) is 0 Å². The first-order chi connectivity index (χ1) is 15.5. The van der Waals surface area contributed by atoms with Crippen molar-refractivity contribution in [2.75, 3.05) is 0 Å². The van der Waals surface area contributed by atoms with E-state index < -0.39 is 11.1 Å². The predicted molar refractivity (Wildman–Crippen MR) is 128 cm³/mol. The Labute approximate surface area is 189 Å². The molecular weight excluding hydrogens is 422 g/mol. The number of rotatable bonds is 7. The number of thiophene rings is 1. The van der Waals surface area contributed by atoms with Crippen LogP contribution in [0.2, 0.25) is 0 Å². The number of fused-ring (bicyclic) bond motifs is 1. The minimum Gasteiger partial charge on any atom is -0.331 e. The largest absolute Gasteiger partial charge is 0.331 e. The Hall–Kier alpha value is -3.45. The van der Waals surface area contributed by atoms with E-state index in [1.807, 2.05) is 53.6 Å². The number of aromatic nitrogens is 2. The summed E-state index contributed by atoms with van der Waals surface area (Å²) in [5, 5.41) is 2.04. The monoisotopic (exact) mass is 447 g/mol. The number of amides is 1. The molecule has 0 bridgehead atoms. The van der Waals surface area contributed by atoms with Gasteiger partial charge in [-0.3, -0.25) is 14.4 Å². The molecule has 0 saturated heterocycles. The molecule has 6 nitrogen and oxygen atoms in total. The number of nitrogens with one attached hydrogen (secondary N) is 1. The van der Waals surface area contributed by atoms with Crippen molar-refractivity contribution in [3.63, 3.8) is 0 Å². The Bertz CT molecular complexity index is 1340. The molecule has 0 radical (unpaired) electrons. The van der Waals surface area contributed by atoms with Crippen LogP contribution < -0.4 is 11.1 Å². The minimum atomic E-state index is -0.684. The van der Waals surface area contributed by atoms with E-state index in [1.165, 1.54) is 9.44 Å². The van der Waals surface area contributed by atoms with Crippen molar-refractivity contribution in [2.45, 2.75) is 39.4 Å². The number of aromatic amines is 1. The Balaban J connectivity index is 1.72. The number of H-pyrrole nitrogens is 1. The van der Waals surface area contributed by atoms with E-state index in [2.05, 4.69) is 18.0 Å². The smallest absolute Gasteiger partial charge is 0.316 e. The third kappa shape index (κ3) is 4.43. The summed E-state index contributed by atoms with van der Waals surface area (Å²) < 4.78 is 1.42. The zero-order chi connectivity index (χ0) is 22.7. The highest BCUT2D eigenvalue weighted by molar-refractivity contribution is 7.09. The molecule has 0 fully saturated rings. The summed E-state index contributed by atoms with van der Waals surface area (Å²) in [6.07, 6.45) is 0.760. The topological polar surface area (TPSA) is 75.2 Å². The fourth-order valence-corrected chi connectivity index (χ4v) is 4.76. The Morgan fingerprint density at radius 3 is 2.56 bits per heavy atom. The van der Waals surface area contributed by atoms with Crippen LogP contribution in [0, 0.1) is 0 Å². The van der Waals surface area contributed by atoms with Crippen LogP contribution in [0.5, 0.6) is 0 Å². The zero-order valence-electron chi connectivity index (χ0n) is 18.1. The predicted octanol–water partition coefficient (Wildman–Crippen LogP) is 4.04. The maximum absolute atomic E-state index is 13.6. The highest BCUT2D eigenvalue weighted by atomic mass is 32.1. The molecule has 32 heavy (non-hydrogen) atoms. The molecule has 7 heteroatoms. The normalized spacial score (nSPS) is 12.1. The van der Waals surface area contributed by atoms with Crippen molar-refractivity contribution >= 4 is 28.3 Å². The van der Waals surface area contributed by atoms with Gasteiger partial charge in [-0.2, -0.15) is 0 Å². The van der Waals surface area contributed by atoms with Crippen LogP contribution in [0.1, 0.15) is 34.6 Å². The molecule has 0 aliphatic heterocycles. The van der Waals surface area contributed by atoms with E-state index >= 15 is 0 Å². The lowest BCUT2D eigenvalue weighted by Gasteiger charge is -2.29. The standard InChI is InChI=1S/C25H25N3O3S/c1-3-27-22-12-11-19(15-21(22)26-23(29)25(27)31)24(30)28(16-18-8-5-4-6-9-18)17(2)14-20-10-7-13-32-20/h4-13,15,17H,3,14,16H2,1-2H3,(H,26,29)/t17-/m0/s1. The first kappa shape index (κ1) is 21.8. The van der Waals surface area contributed by atoms with Crippen molar-refractivity contribution in [2.24, 2.45) is 0 Å². The fraction of sp³-hybridized carbons (Fsp3) is 0.240. The number of hydrogen-bond donors (Lipinski definition) is 1. The molecule has 4 rings (SSSR count). The fourth-order valence-electron chi connectivity index (χ4n) is 3.93. The number of aryl methyl sites for hydroxylation is 1. The van der Waals surface area contributed by atoms with Gasteiger partial charge in [0, 0.05) is 36.0 Å². The lowest BCUT2D eigenvalue weighted by molar-refractivity contribution is 0.0676. The molecule has 164 valence electrons.